The molecule has 0 aliphatic carbocycles. The van der Waals surface area contributed by atoms with E-state index < -0.39 is 6.61 Å². The summed E-state index contributed by atoms with van der Waals surface area (Å²) in [7, 11) is 1.62. The van der Waals surface area contributed by atoms with E-state index in [-0.39, 0.29) is 18.1 Å². The lowest BCUT2D eigenvalue weighted by molar-refractivity contribution is -0.0504. The number of hydrogen-bond acceptors (Lipinski definition) is 4. The van der Waals surface area contributed by atoms with Crippen molar-refractivity contribution in [3.8, 4) is 17.2 Å². The Kier molecular flexibility index (Phi) is 7.53. The third-order valence-corrected chi connectivity index (χ3v) is 4.42. The van der Waals surface area contributed by atoms with Crippen LogP contribution in [0, 0.1) is 12.7 Å². The van der Waals surface area contributed by atoms with Gasteiger partial charge in [0.1, 0.15) is 17.8 Å². The summed E-state index contributed by atoms with van der Waals surface area (Å²) in [5.74, 6) is 0.729. The molecule has 0 aliphatic heterocycles. The number of oxazole rings is 1. The highest BCUT2D eigenvalue weighted by Gasteiger charge is 2.11. The van der Waals surface area contributed by atoms with Crippen LogP contribution in [0.2, 0.25) is 0 Å². The lowest BCUT2D eigenvalue weighted by Crippen LogP contribution is -2.38. The predicted octanol–water partition coefficient (Wildman–Crippen LogP) is 4.30. The quantitative estimate of drug-likeness (QED) is 0.410. The van der Waals surface area contributed by atoms with E-state index in [1.807, 2.05) is 6.92 Å². The number of halogens is 3. The first-order valence-corrected chi connectivity index (χ1v) is 9.64. The van der Waals surface area contributed by atoms with Crippen LogP contribution in [0.5, 0.6) is 5.75 Å². The van der Waals surface area contributed by atoms with Gasteiger partial charge >= 0.3 is 6.61 Å². The maximum Gasteiger partial charge on any atom is 0.387 e. The first-order chi connectivity index (χ1) is 14.9. The van der Waals surface area contributed by atoms with Crippen molar-refractivity contribution in [1.82, 2.24) is 15.6 Å². The number of hydrogen-bond donors (Lipinski definition) is 2. The zero-order valence-corrected chi connectivity index (χ0v) is 17.2. The lowest BCUT2D eigenvalue weighted by Gasteiger charge is -2.15. The van der Waals surface area contributed by atoms with Crippen molar-refractivity contribution in [2.24, 2.45) is 4.99 Å². The number of rotatable bonds is 8. The van der Waals surface area contributed by atoms with Crippen LogP contribution >= 0.6 is 0 Å². The smallest absolute Gasteiger partial charge is 0.387 e. The highest BCUT2D eigenvalue weighted by molar-refractivity contribution is 5.79. The molecule has 3 rings (SSSR count). The zero-order valence-electron chi connectivity index (χ0n) is 17.2. The van der Waals surface area contributed by atoms with Crippen molar-refractivity contribution in [2.75, 3.05) is 13.6 Å². The second kappa shape index (κ2) is 10.5. The van der Waals surface area contributed by atoms with Gasteiger partial charge in [0.2, 0.25) is 5.89 Å². The van der Waals surface area contributed by atoms with Crippen molar-refractivity contribution < 1.29 is 22.3 Å². The minimum atomic E-state index is -2.89. The van der Waals surface area contributed by atoms with E-state index >= 15 is 0 Å². The van der Waals surface area contributed by atoms with Crippen LogP contribution in [-0.4, -0.2) is 31.1 Å². The molecular formula is C22H23F3N4O2. The van der Waals surface area contributed by atoms with Gasteiger partial charge in [0.25, 0.3) is 0 Å². The number of nitrogens with one attached hydrogen (secondary N) is 2. The van der Waals surface area contributed by atoms with E-state index in [0.717, 1.165) is 11.3 Å². The Morgan fingerprint density at radius 1 is 1.16 bits per heavy atom. The van der Waals surface area contributed by atoms with Crippen LogP contribution in [-0.2, 0) is 13.0 Å². The minimum Gasteiger partial charge on any atom is -0.444 e. The van der Waals surface area contributed by atoms with Crippen LogP contribution in [0.25, 0.3) is 11.5 Å². The van der Waals surface area contributed by atoms with Gasteiger partial charge in [-0.3, -0.25) is 4.99 Å². The van der Waals surface area contributed by atoms with E-state index in [1.54, 1.807) is 37.6 Å². The Morgan fingerprint density at radius 2 is 1.94 bits per heavy atom. The molecule has 1 heterocycles. The third kappa shape index (κ3) is 6.50. The van der Waals surface area contributed by atoms with Gasteiger partial charge in [-0.15, -0.1) is 0 Å². The van der Waals surface area contributed by atoms with Crippen molar-refractivity contribution >= 4 is 5.96 Å². The summed E-state index contributed by atoms with van der Waals surface area (Å²) in [6.45, 7) is -0.229. The summed E-state index contributed by atoms with van der Waals surface area (Å²) in [4.78, 5) is 8.53. The van der Waals surface area contributed by atoms with Gasteiger partial charge in [0, 0.05) is 37.7 Å². The fraction of sp³-hybridized carbons (Fsp3) is 0.273. The number of guanidine groups is 1. The van der Waals surface area contributed by atoms with Crippen molar-refractivity contribution in [2.45, 2.75) is 26.5 Å². The Morgan fingerprint density at radius 3 is 2.65 bits per heavy atom. The first-order valence-electron chi connectivity index (χ1n) is 9.64. The Bertz CT molecular complexity index is 1020. The SMILES string of the molecule is CN=C(NCCc1coc(-c2ccc(F)cc2)n1)NCc1cc(C)ccc1OC(F)F. The van der Waals surface area contributed by atoms with Crippen LogP contribution in [0.15, 0.2) is 58.1 Å². The van der Waals surface area contributed by atoms with E-state index in [1.165, 1.54) is 18.2 Å². The number of aryl methyl sites for hydroxylation is 1. The average molecular weight is 432 g/mol. The molecule has 1 aromatic heterocycles. The molecule has 0 amide bonds. The second-order valence-corrected chi connectivity index (χ2v) is 6.74. The van der Waals surface area contributed by atoms with E-state index in [0.29, 0.717) is 35.9 Å². The van der Waals surface area contributed by atoms with E-state index in [9.17, 15) is 13.2 Å². The van der Waals surface area contributed by atoms with Crippen LogP contribution < -0.4 is 15.4 Å². The standard InChI is InChI=1S/C22H23F3N4O2/c1-14-3-8-19(31-21(24)25)16(11-14)12-28-22(26-2)27-10-9-18-13-30-20(29-18)15-4-6-17(23)7-5-15/h3-8,11,13,21H,9-10,12H2,1-2H3,(H2,26,27,28). The molecule has 3 aromatic rings. The van der Waals surface area contributed by atoms with Gasteiger partial charge in [-0.2, -0.15) is 8.78 Å². The molecule has 9 heteroatoms. The highest BCUT2D eigenvalue weighted by Crippen LogP contribution is 2.22. The number of benzene rings is 2. The number of aromatic nitrogens is 1. The maximum absolute atomic E-state index is 13.0. The van der Waals surface area contributed by atoms with Gasteiger partial charge in [0.05, 0.1) is 5.69 Å². The van der Waals surface area contributed by atoms with Gasteiger partial charge in [0.15, 0.2) is 5.96 Å². The monoisotopic (exact) mass is 432 g/mol. The van der Waals surface area contributed by atoms with E-state index in [4.69, 9.17) is 4.42 Å². The normalized spacial score (nSPS) is 11.6. The topological polar surface area (TPSA) is 71.7 Å². The van der Waals surface area contributed by atoms with Gasteiger partial charge in [-0.05, 0) is 37.3 Å². The number of aliphatic imine (C=N–C) groups is 1. The Labute approximate surface area is 178 Å². The number of alkyl halides is 2. The summed E-state index contributed by atoms with van der Waals surface area (Å²) >= 11 is 0. The number of nitrogens with zero attached hydrogens (tertiary/aromatic N) is 2. The zero-order chi connectivity index (χ0) is 22.2. The summed E-state index contributed by atoms with van der Waals surface area (Å²) in [5.41, 5.74) is 2.96. The molecule has 0 atom stereocenters. The Hall–Kier alpha value is -3.49. The highest BCUT2D eigenvalue weighted by atomic mass is 19.3. The summed E-state index contributed by atoms with van der Waals surface area (Å²) in [5, 5.41) is 6.22. The van der Waals surface area contributed by atoms with Crippen LogP contribution in [0.4, 0.5) is 13.2 Å². The molecule has 164 valence electrons. The molecule has 0 fully saturated rings. The molecule has 6 nitrogen and oxygen atoms in total. The maximum atomic E-state index is 13.0. The first kappa shape index (κ1) is 22.2. The molecule has 0 saturated heterocycles. The van der Waals surface area contributed by atoms with Crippen molar-refractivity contribution in [3.63, 3.8) is 0 Å². The molecule has 0 bridgehead atoms. The van der Waals surface area contributed by atoms with Gasteiger partial charge < -0.3 is 19.8 Å². The van der Waals surface area contributed by atoms with Crippen molar-refractivity contribution in [1.29, 1.82) is 0 Å². The largest absolute Gasteiger partial charge is 0.444 e. The average Bonchev–Trinajstić information content (AvgIpc) is 3.21. The summed E-state index contributed by atoms with van der Waals surface area (Å²) in [6, 6.07) is 10.9. The third-order valence-electron chi connectivity index (χ3n) is 4.42. The molecule has 31 heavy (non-hydrogen) atoms. The fourth-order valence-corrected chi connectivity index (χ4v) is 2.91. The fourth-order valence-electron chi connectivity index (χ4n) is 2.91. The summed E-state index contributed by atoms with van der Waals surface area (Å²) in [6.07, 6.45) is 2.12. The molecule has 0 aliphatic rings. The van der Waals surface area contributed by atoms with Gasteiger partial charge in [-0.25, -0.2) is 9.37 Å². The molecule has 2 N–H and O–H groups in total. The predicted molar refractivity (Wildman–Crippen MR) is 112 cm³/mol. The summed E-state index contributed by atoms with van der Waals surface area (Å²) < 4.78 is 48.3. The molecule has 0 saturated carbocycles. The number of ether oxygens (including phenoxy) is 1. The molecular weight excluding hydrogens is 409 g/mol. The molecule has 0 unspecified atom stereocenters. The molecule has 0 spiro atoms. The molecule has 2 aromatic carbocycles. The van der Waals surface area contributed by atoms with Gasteiger partial charge in [-0.1, -0.05) is 17.7 Å². The van der Waals surface area contributed by atoms with Crippen LogP contribution in [0.1, 0.15) is 16.8 Å². The Balaban J connectivity index is 1.52. The van der Waals surface area contributed by atoms with E-state index in [2.05, 4.69) is 25.3 Å². The second-order valence-electron chi connectivity index (χ2n) is 6.74. The minimum absolute atomic E-state index is 0.125. The molecule has 0 radical (unpaired) electrons. The van der Waals surface area contributed by atoms with Crippen LogP contribution in [0.3, 0.4) is 0 Å². The lowest BCUT2D eigenvalue weighted by atomic mass is 10.1. The van der Waals surface area contributed by atoms with Crippen molar-refractivity contribution in [3.05, 3.63) is 71.4 Å².